The van der Waals surface area contributed by atoms with Gasteiger partial charge in [-0.15, -0.1) is 0 Å². The predicted octanol–water partition coefficient (Wildman–Crippen LogP) is 4.00. The van der Waals surface area contributed by atoms with E-state index in [-0.39, 0.29) is 17.0 Å². The molecule has 1 atom stereocenters. The first-order valence-electron chi connectivity index (χ1n) is 11.8. The number of ether oxygens (including phenoxy) is 2. The Hall–Kier alpha value is -4.24. The molecule has 1 fully saturated rings. The van der Waals surface area contributed by atoms with Crippen LogP contribution >= 0.6 is 0 Å². The molecule has 1 saturated heterocycles. The number of hydrogen-bond acceptors (Lipinski definition) is 7. The molecule has 5 rings (SSSR count). The molecule has 1 aliphatic rings. The van der Waals surface area contributed by atoms with Crippen molar-refractivity contribution in [1.29, 1.82) is 0 Å². The van der Waals surface area contributed by atoms with Gasteiger partial charge in [0.2, 0.25) is 5.88 Å². The van der Waals surface area contributed by atoms with Crippen LogP contribution in [-0.4, -0.2) is 54.4 Å². The number of fused-ring (bicyclic) bond motifs is 1. The second-order valence-electron chi connectivity index (χ2n) is 8.39. The molecule has 9 heteroatoms. The van der Waals surface area contributed by atoms with E-state index in [1.165, 1.54) is 12.3 Å². The molecule has 0 amide bonds. The highest BCUT2D eigenvalue weighted by atomic mass is 19.1. The summed E-state index contributed by atoms with van der Waals surface area (Å²) in [5, 5.41) is 7.15. The number of carbonyl (C=O) groups excluding carboxylic acids is 1. The van der Waals surface area contributed by atoms with E-state index in [1.54, 1.807) is 42.1 Å². The molecule has 0 spiro atoms. The second kappa shape index (κ2) is 11.7. The zero-order valence-corrected chi connectivity index (χ0v) is 20.6. The maximum absolute atomic E-state index is 15.4. The lowest BCUT2D eigenvalue weighted by atomic mass is 10.1. The fraction of sp³-hybridized carbons (Fsp3) is 0.250. The van der Waals surface area contributed by atoms with Crippen LogP contribution in [0.3, 0.4) is 0 Å². The minimum absolute atomic E-state index is 0.0386. The van der Waals surface area contributed by atoms with Gasteiger partial charge in [-0.2, -0.15) is 0 Å². The lowest BCUT2D eigenvalue weighted by Gasteiger charge is -2.27. The van der Waals surface area contributed by atoms with E-state index in [2.05, 4.69) is 4.98 Å². The van der Waals surface area contributed by atoms with Gasteiger partial charge in [-0.1, -0.05) is 6.07 Å². The summed E-state index contributed by atoms with van der Waals surface area (Å²) in [6.45, 7) is 1.03. The molecule has 1 aliphatic heterocycles. The minimum atomic E-state index is -0.510. The molecule has 3 heterocycles. The Kier molecular flexibility index (Phi) is 8.15. The van der Waals surface area contributed by atoms with Crippen molar-refractivity contribution < 1.29 is 23.8 Å². The zero-order valence-electron chi connectivity index (χ0n) is 20.6. The van der Waals surface area contributed by atoms with Crippen molar-refractivity contribution in [2.75, 3.05) is 32.3 Å². The van der Waals surface area contributed by atoms with Gasteiger partial charge in [-0.3, -0.25) is 9.59 Å². The largest absolute Gasteiger partial charge is 0.497 e. The Labute approximate surface area is 213 Å². The summed E-state index contributed by atoms with van der Waals surface area (Å²) in [7, 11) is 2.58. The topological polar surface area (TPSA) is 93.9 Å². The Morgan fingerprint density at radius 2 is 1.95 bits per heavy atom. The van der Waals surface area contributed by atoms with E-state index in [1.807, 2.05) is 29.2 Å². The number of hydrogen-bond donors (Lipinski definition) is 1. The van der Waals surface area contributed by atoms with Crippen LogP contribution in [0, 0.1) is 5.82 Å². The van der Waals surface area contributed by atoms with Gasteiger partial charge < -0.3 is 24.0 Å². The number of aromatic nitrogens is 2. The van der Waals surface area contributed by atoms with Gasteiger partial charge >= 0.3 is 0 Å². The number of halogens is 1. The summed E-state index contributed by atoms with van der Waals surface area (Å²) in [5.41, 5.74) is 1.08. The normalized spacial score (nSPS) is 14.7. The van der Waals surface area contributed by atoms with Gasteiger partial charge in [0.1, 0.15) is 18.2 Å². The lowest BCUT2D eigenvalue weighted by Crippen LogP contribution is -2.35. The third-order valence-corrected chi connectivity index (χ3v) is 6.33. The first kappa shape index (κ1) is 25.8. The lowest BCUT2D eigenvalue weighted by molar-refractivity contribution is 0.112. The molecule has 1 unspecified atom stereocenters. The zero-order chi connectivity index (χ0) is 26.4. The van der Waals surface area contributed by atoms with Crippen molar-refractivity contribution in [2.24, 2.45) is 0 Å². The Balaban J connectivity index is 0.00000156. The Morgan fingerprint density at radius 1 is 1.16 bits per heavy atom. The van der Waals surface area contributed by atoms with Crippen LogP contribution in [0.2, 0.25) is 0 Å². The fourth-order valence-electron chi connectivity index (χ4n) is 4.56. The third-order valence-electron chi connectivity index (χ3n) is 6.33. The highest BCUT2D eigenvalue weighted by Gasteiger charge is 2.28. The number of rotatable bonds is 7. The van der Waals surface area contributed by atoms with Crippen molar-refractivity contribution >= 4 is 22.9 Å². The number of nitrogens with zero attached hydrogens (tertiary/aromatic N) is 3. The van der Waals surface area contributed by atoms with E-state index < -0.39 is 11.2 Å². The van der Waals surface area contributed by atoms with Crippen molar-refractivity contribution in [2.45, 2.75) is 18.9 Å². The molecule has 4 aromatic rings. The smallest absolute Gasteiger partial charge is 0.213 e. The Morgan fingerprint density at radius 3 is 2.62 bits per heavy atom. The summed E-state index contributed by atoms with van der Waals surface area (Å²) in [4.78, 5) is 30.6. The van der Waals surface area contributed by atoms with Crippen LogP contribution < -0.4 is 19.8 Å². The second-order valence-corrected chi connectivity index (χ2v) is 8.39. The molecule has 8 nitrogen and oxygen atoms in total. The number of aliphatic hydroxyl groups excluding tert-OH is 1. The predicted molar refractivity (Wildman–Crippen MR) is 140 cm³/mol. The molecule has 0 radical (unpaired) electrons. The highest BCUT2D eigenvalue weighted by Crippen LogP contribution is 2.32. The highest BCUT2D eigenvalue weighted by molar-refractivity contribution is 5.89. The van der Waals surface area contributed by atoms with Gasteiger partial charge in [0.25, 0.3) is 0 Å². The first-order valence-corrected chi connectivity index (χ1v) is 11.8. The van der Waals surface area contributed by atoms with Gasteiger partial charge in [0.05, 0.1) is 29.9 Å². The fourth-order valence-corrected chi connectivity index (χ4v) is 4.56. The van der Waals surface area contributed by atoms with Crippen LogP contribution in [-0.2, 0) is 0 Å². The molecular weight excluding hydrogens is 477 g/mol. The molecule has 0 saturated carbocycles. The molecule has 0 bridgehead atoms. The van der Waals surface area contributed by atoms with Gasteiger partial charge in [-0.05, 0) is 55.3 Å². The van der Waals surface area contributed by atoms with Crippen LogP contribution in [0.15, 0.2) is 71.8 Å². The molecule has 0 aliphatic carbocycles. The summed E-state index contributed by atoms with van der Waals surface area (Å²) in [5.74, 6) is 0.686. The van der Waals surface area contributed by atoms with Crippen molar-refractivity contribution in [3.05, 3.63) is 88.6 Å². The molecular formula is C28H28FN3O5. The van der Waals surface area contributed by atoms with Crippen LogP contribution in [0.5, 0.6) is 11.6 Å². The number of carbonyl (C=O) groups is 1. The van der Waals surface area contributed by atoms with Crippen LogP contribution in [0.25, 0.3) is 16.6 Å². The number of benzene rings is 2. The van der Waals surface area contributed by atoms with E-state index in [4.69, 9.17) is 14.6 Å². The van der Waals surface area contributed by atoms with E-state index in [9.17, 15) is 9.59 Å². The molecule has 37 heavy (non-hydrogen) atoms. The summed E-state index contributed by atoms with van der Waals surface area (Å²) in [6.07, 6.45) is 5.39. The average Bonchev–Trinajstić information content (AvgIpc) is 3.42. The van der Waals surface area contributed by atoms with Crippen molar-refractivity contribution in [3.8, 4) is 17.3 Å². The number of aliphatic hydroxyl groups is 1. The summed E-state index contributed by atoms with van der Waals surface area (Å²) < 4.78 is 28.2. The van der Waals surface area contributed by atoms with Gasteiger partial charge in [0, 0.05) is 43.2 Å². The molecule has 2 aromatic heterocycles. The number of anilines is 1. The maximum Gasteiger partial charge on any atom is 0.213 e. The SMILES string of the molecule is CO.COc1ccc(-n2cc(C=O)c(=O)c3cc(F)c(N4CCCC4COc4ccccn4)cc32)cc1. The average molecular weight is 506 g/mol. The maximum atomic E-state index is 15.4. The molecule has 192 valence electrons. The quantitative estimate of drug-likeness (QED) is 0.380. The standard InChI is InChI=1S/C27H24FN3O4.CH4O/c1-34-21-9-7-19(8-10-21)31-15-18(16-32)27(33)22-13-23(28)25(14-24(22)31)30-12-4-5-20(30)17-35-26-6-2-3-11-29-26;1-2/h2-3,6-11,13-16,20H,4-5,12,17H2,1H3;2H,1H3. The first-order chi connectivity index (χ1) is 18.1. The van der Waals surface area contributed by atoms with Gasteiger partial charge in [-0.25, -0.2) is 9.37 Å². The summed E-state index contributed by atoms with van der Waals surface area (Å²) in [6, 6.07) is 15.5. The van der Waals surface area contributed by atoms with E-state index in [0.29, 0.717) is 48.0 Å². The Bertz CT molecular complexity index is 1420. The molecule has 2 aromatic carbocycles. The third kappa shape index (κ3) is 5.31. The number of pyridine rings is 2. The van der Waals surface area contributed by atoms with Crippen molar-refractivity contribution in [1.82, 2.24) is 9.55 Å². The number of aldehydes is 1. The van der Waals surface area contributed by atoms with E-state index >= 15 is 4.39 Å². The van der Waals surface area contributed by atoms with E-state index in [0.717, 1.165) is 20.0 Å². The molecule has 1 N–H and O–H groups in total. The monoisotopic (exact) mass is 505 g/mol. The summed E-state index contributed by atoms with van der Waals surface area (Å²) >= 11 is 0. The van der Waals surface area contributed by atoms with Crippen molar-refractivity contribution in [3.63, 3.8) is 0 Å². The van der Waals surface area contributed by atoms with Gasteiger partial charge in [0.15, 0.2) is 11.7 Å². The van der Waals surface area contributed by atoms with Crippen LogP contribution in [0.1, 0.15) is 23.2 Å². The van der Waals surface area contributed by atoms with Crippen LogP contribution in [0.4, 0.5) is 10.1 Å². The number of methoxy groups -OCH3 is 1. The minimum Gasteiger partial charge on any atom is -0.497 e.